The Kier molecular flexibility index (Phi) is 10.2. The quantitative estimate of drug-likeness (QED) is 0.902. The number of aromatic nitrogens is 1. The lowest BCUT2D eigenvalue weighted by Gasteiger charge is -2.35. The number of hydrogen-bond donors (Lipinski definition) is 1. The first-order valence-electron chi connectivity index (χ1n) is 7.13. The molecule has 1 atom stereocenters. The monoisotopic (exact) mass is 319 g/mol. The van der Waals surface area contributed by atoms with Gasteiger partial charge in [-0.25, -0.2) is 0 Å². The number of rotatable bonds is 5. The molecule has 1 aliphatic heterocycles. The van der Waals surface area contributed by atoms with Crippen molar-refractivity contribution in [1.82, 2.24) is 15.2 Å². The van der Waals surface area contributed by atoms with Crippen LogP contribution in [0.25, 0.3) is 0 Å². The van der Waals surface area contributed by atoms with Crippen LogP contribution in [0.4, 0.5) is 0 Å². The molecular formula is C15H27Cl2N3. The van der Waals surface area contributed by atoms with Crippen LogP contribution in [0.2, 0.25) is 0 Å². The maximum Gasteiger partial charge on any atom is 0.0575 e. The van der Waals surface area contributed by atoms with Gasteiger partial charge in [-0.15, -0.1) is 24.8 Å². The van der Waals surface area contributed by atoms with Crippen LogP contribution in [0.15, 0.2) is 24.4 Å². The van der Waals surface area contributed by atoms with Crippen molar-refractivity contribution in [2.45, 2.75) is 32.7 Å². The summed E-state index contributed by atoms with van der Waals surface area (Å²) < 4.78 is 0. The Labute approximate surface area is 135 Å². The molecule has 0 amide bonds. The molecule has 0 unspecified atom stereocenters. The zero-order chi connectivity index (χ0) is 12.8. The zero-order valence-corrected chi connectivity index (χ0v) is 14.1. The lowest BCUT2D eigenvalue weighted by molar-refractivity contribution is 0.156. The first-order valence-corrected chi connectivity index (χ1v) is 7.13. The summed E-state index contributed by atoms with van der Waals surface area (Å²) in [7, 11) is 0. The molecule has 3 nitrogen and oxygen atoms in total. The fourth-order valence-electron chi connectivity index (χ4n) is 2.58. The van der Waals surface area contributed by atoms with E-state index >= 15 is 0 Å². The van der Waals surface area contributed by atoms with E-state index in [4.69, 9.17) is 0 Å². The molecule has 1 N–H and O–H groups in total. The predicted molar refractivity (Wildman–Crippen MR) is 90.0 cm³/mol. The fraction of sp³-hybridized carbons (Fsp3) is 0.667. The van der Waals surface area contributed by atoms with Crippen LogP contribution in [0.3, 0.4) is 0 Å². The Balaban J connectivity index is 0.00000180. The molecule has 1 fully saturated rings. The summed E-state index contributed by atoms with van der Waals surface area (Å²) >= 11 is 0. The van der Waals surface area contributed by atoms with Crippen LogP contribution in [0.5, 0.6) is 0 Å². The number of hydrogen-bond acceptors (Lipinski definition) is 3. The zero-order valence-electron chi connectivity index (χ0n) is 12.4. The van der Waals surface area contributed by atoms with Crippen LogP contribution >= 0.6 is 24.8 Å². The Morgan fingerprint density at radius 3 is 2.40 bits per heavy atom. The minimum absolute atomic E-state index is 0. The first kappa shape index (κ1) is 19.7. The predicted octanol–water partition coefficient (Wildman–Crippen LogP) is 3.31. The van der Waals surface area contributed by atoms with Gasteiger partial charge in [-0.3, -0.25) is 9.88 Å². The van der Waals surface area contributed by atoms with E-state index in [1.165, 1.54) is 18.5 Å². The van der Waals surface area contributed by atoms with Crippen LogP contribution < -0.4 is 5.32 Å². The fourth-order valence-corrected chi connectivity index (χ4v) is 2.58. The molecule has 20 heavy (non-hydrogen) atoms. The highest BCUT2D eigenvalue weighted by Crippen LogP contribution is 2.26. The van der Waals surface area contributed by atoms with E-state index in [-0.39, 0.29) is 24.8 Å². The molecule has 0 radical (unpaired) electrons. The summed E-state index contributed by atoms with van der Waals surface area (Å²) in [6, 6.07) is 6.77. The van der Waals surface area contributed by atoms with E-state index in [1.54, 1.807) is 0 Å². The highest BCUT2D eigenvalue weighted by molar-refractivity contribution is 5.85. The molecule has 0 aliphatic carbocycles. The molecule has 1 saturated heterocycles. The third-order valence-electron chi connectivity index (χ3n) is 3.64. The molecule has 2 heterocycles. The number of nitrogens with one attached hydrogen (secondary N) is 1. The molecule has 5 heteroatoms. The van der Waals surface area contributed by atoms with Crippen LogP contribution in [-0.4, -0.2) is 36.1 Å². The van der Waals surface area contributed by atoms with Gasteiger partial charge in [0.1, 0.15) is 0 Å². The van der Waals surface area contributed by atoms with Gasteiger partial charge in [-0.2, -0.15) is 0 Å². The van der Waals surface area contributed by atoms with Crippen molar-refractivity contribution in [1.29, 1.82) is 0 Å². The van der Waals surface area contributed by atoms with E-state index in [1.807, 2.05) is 12.3 Å². The third-order valence-corrected chi connectivity index (χ3v) is 3.64. The molecule has 116 valence electrons. The highest BCUT2D eigenvalue weighted by Gasteiger charge is 2.22. The average Bonchev–Trinajstić information content (AvgIpc) is 2.41. The van der Waals surface area contributed by atoms with Crippen molar-refractivity contribution >= 4 is 24.8 Å². The van der Waals surface area contributed by atoms with Crippen molar-refractivity contribution < 1.29 is 0 Å². The van der Waals surface area contributed by atoms with E-state index < -0.39 is 0 Å². The Bertz CT molecular complexity index is 340. The molecule has 1 aliphatic rings. The maximum atomic E-state index is 4.57. The van der Waals surface area contributed by atoms with Gasteiger partial charge in [0.25, 0.3) is 0 Å². The molecule has 0 spiro atoms. The molecule has 1 aromatic rings. The van der Waals surface area contributed by atoms with Crippen LogP contribution in [0, 0.1) is 5.92 Å². The molecular weight excluding hydrogens is 293 g/mol. The smallest absolute Gasteiger partial charge is 0.0575 e. The van der Waals surface area contributed by atoms with Gasteiger partial charge in [0.2, 0.25) is 0 Å². The Morgan fingerprint density at radius 1 is 1.15 bits per heavy atom. The van der Waals surface area contributed by atoms with E-state index in [0.717, 1.165) is 32.1 Å². The van der Waals surface area contributed by atoms with Gasteiger partial charge >= 0.3 is 0 Å². The topological polar surface area (TPSA) is 28.2 Å². The largest absolute Gasteiger partial charge is 0.314 e. The standard InChI is InChI=1S/C15H25N3.2ClH/c1-13(2)6-7-15(14-5-3-4-8-17-14)18-11-9-16-10-12-18;;/h3-5,8,13,15-16H,6-7,9-12H2,1-2H3;2*1H/t15-;;/m1../s1. The minimum Gasteiger partial charge on any atom is -0.314 e. The van der Waals surface area contributed by atoms with Crippen molar-refractivity contribution in [3.8, 4) is 0 Å². The first-order chi connectivity index (χ1) is 8.77. The van der Waals surface area contributed by atoms with Gasteiger partial charge in [0, 0.05) is 32.4 Å². The summed E-state index contributed by atoms with van der Waals surface area (Å²) in [5.74, 6) is 0.763. The van der Waals surface area contributed by atoms with Gasteiger partial charge in [0.05, 0.1) is 11.7 Å². The van der Waals surface area contributed by atoms with Gasteiger partial charge in [0.15, 0.2) is 0 Å². The summed E-state index contributed by atoms with van der Waals surface area (Å²) in [5.41, 5.74) is 1.24. The lowest BCUT2D eigenvalue weighted by Crippen LogP contribution is -2.45. The molecule has 2 rings (SSSR count). The normalized spacial score (nSPS) is 17.1. The summed E-state index contributed by atoms with van der Waals surface area (Å²) in [6.45, 7) is 9.08. The molecule has 0 saturated carbocycles. The van der Waals surface area contributed by atoms with E-state index in [2.05, 4.69) is 41.2 Å². The number of nitrogens with zero attached hydrogens (tertiary/aromatic N) is 2. The number of halogens is 2. The van der Waals surface area contributed by atoms with Crippen molar-refractivity contribution in [3.05, 3.63) is 30.1 Å². The number of piperazine rings is 1. The summed E-state index contributed by atoms with van der Waals surface area (Å²) in [5, 5.41) is 3.42. The average molecular weight is 320 g/mol. The summed E-state index contributed by atoms with van der Waals surface area (Å²) in [6.07, 6.45) is 4.40. The van der Waals surface area contributed by atoms with Crippen molar-refractivity contribution in [3.63, 3.8) is 0 Å². The van der Waals surface area contributed by atoms with Crippen molar-refractivity contribution in [2.75, 3.05) is 26.2 Å². The third kappa shape index (κ3) is 5.96. The van der Waals surface area contributed by atoms with Crippen molar-refractivity contribution in [2.24, 2.45) is 5.92 Å². The second-order valence-corrected chi connectivity index (χ2v) is 5.53. The lowest BCUT2D eigenvalue weighted by atomic mass is 9.99. The summed E-state index contributed by atoms with van der Waals surface area (Å²) in [4.78, 5) is 7.15. The molecule has 0 aromatic carbocycles. The van der Waals surface area contributed by atoms with Gasteiger partial charge in [-0.1, -0.05) is 19.9 Å². The SMILES string of the molecule is CC(C)CC[C@H](c1ccccn1)N1CCNCC1.Cl.Cl. The second-order valence-electron chi connectivity index (χ2n) is 5.53. The highest BCUT2D eigenvalue weighted by atomic mass is 35.5. The van der Waals surface area contributed by atoms with Crippen LogP contribution in [0.1, 0.15) is 38.4 Å². The van der Waals surface area contributed by atoms with Gasteiger partial charge < -0.3 is 5.32 Å². The second kappa shape index (κ2) is 10.4. The minimum atomic E-state index is 0. The maximum absolute atomic E-state index is 4.57. The van der Waals surface area contributed by atoms with E-state index in [0.29, 0.717) is 6.04 Å². The molecule has 1 aromatic heterocycles. The Morgan fingerprint density at radius 2 is 1.85 bits per heavy atom. The van der Waals surface area contributed by atoms with Gasteiger partial charge in [-0.05, 0) is 30.9 Å². The van der Waals surface area contributed by atoms with E-state index in [9.17, 15) is 0 Å². The van der Waals surface area contributed by atoms with Crippen LogP contribution in [-0.2, 0) is 0 Å². The molecule has 0 bridgehead atoms. The number of pyridine rings is 1. The Hall–Kier alpha value is -0.350.